The normalized spacial score (nSPS) is 12.1. The Bertz CT molecular complexity index is 403. The Morgan fingerprint density at radius 3 is 2.76 bits per heavy atom. The van der Waals surface area contributed by atoms with E-state index in [-0.39, 0.29) is 12.3 Å². The molecule has 1 aromatic heterocycles. The number of rotatable bonds is 6. The Morgan fingerprint density at radius 2 is 2.24 bits per heavy atom. The molecule has 0 saturated heterocycles. The lowest BCUT2D eigenvalue weighted by molar-refractivity contribution is -0.148. The van der Waals surface area contributed by atoms with Crippen molar-refractivity contribution in [1.29, 1.82) is 0 Å². The SMILES string of the molecule is COCCOC(=O)C(C)n1cc(C(=O)O)nn1. The highest BCUT2D eigenvalue weighted by atomic mass is 16.6. The van der Waals surface area contributed by atoms with Crippen molar-refractivity contribution in [2.45, 2.75) is 13.0 Å². The van der Waals surface area contributed by atoms with Gasteiger partial charge in [-0.1, -0.05) is 5.21 Å². The van der Waals surface area contributed by atoms with Crippen LogP contribution in [-0.2, 0) is 14.3 Å². The summed E-state index contributed by atoms with van der Waals surface area (Å²) in [6, 6.07) is -0.729. The Labute approximate surface area is 97.1 Å². The van der Waals surface area contributed by atoms with E-state index < -0.39 is 18.0 Å². The molecular formula is C9H13N3O5. The van der Waals surface area contributed by atoms with E-state index in [2.05, 4.69) is 10.3 Å². The molecule has 17 heavy (non-hydrogen) atoms. The number of ether oxygens (including phenoxy) is 2. The predicted octanol–water partition coefficient (Wildman–Crippen LogP) is -0.273. The summed E-state index contributed by atoms with van der Waals surface area (Å²) in [5, 5.41) is 15.6. The first-order valence-electron chi connectivity index (χ1n) is 4.87. The zero-order valence-electron chi connectivity index (χ0n) is 9.49. The number of aromatic nitrogens is 3. The minimum atomic E-state index is -1.20. The maximum Gasteiger partial charge on any atom is 0.358 e. The molecule has 0 spiro atoms. The quantitative estimate of drug-likeness (QED) is 0.541. The number of hydrogen-bond donors (Lipinski definition) is 1. The van der Waals surface area contributed by atoms with E-state index in [1.54, 1.807) is 0 Å². The molecule has 94 valence electrons. The molecule has 1 unspecified atom stereocenters. The van der Waals surface area contributed by atoms with Gasteiger partial charge in [-0.3, -0.25) is 0 Å². The summed E-state index contributed by atoms with van der Waals surface area (Å²) in [5.74, 6) is -1.72. The fourth-order valence-electron chi connectivity index (χ4n) is 1.02. The van der Waals surface area contributed by atoms with Crippen LogP contribution in [0.5, 0.6) is 0 Å². The van der Waals surface area contributed by atoms with Crippen molar-refractivity contribution in [2.24, 2.45) is 0 Å². The van der Waals surface area contributed by atoms with Gasteiger partial charge in [0.05, 0.1) is 12.8 Å². The molecule has 1 N–H and O–H groups in total. The zero-order valence-corrected chi connectivity index (χ0v) is 9.49. The van der Waals surface area contributed by atoms with E-state index in [0.29, 0.717) is 6.61 Å². The molecular weight excluding hydrogens is 230 g/mol. The van der Waals surface area contributed by atoms with E-state index in [0.717, 1.165) is 4.68 Å². The van der Waals surface area contributed by atoms with Crippen LogP contribution in [0, 0.1) is 0 Å². The molecule has 0 fully saturated rings. The predicted molar refractivity (Wildman–Crippen MR) is 54.5 cm³/mol. The second-order valence-electron chi connectivity index (χ2n) is 3.23. The third kappa shape index (κ3) is 3.52. The molecule has 0 amide bonds. The highest BCUT2D eigenvalue weighted by Gasteiger charge is 2.19. The molecule has 1 atom stereocenters. The van der Waals surface area contributed by atoms with Gasteiger partial charge in [-0.15, -0.1) is 5.10 Å². The fraction of sp³-hybridized carbons (Fsp3) is 0.556. The van der Waals surface area contributed by atoms with Crippen molar-refractivity contribution in [1.82, 2.24) is 15.0 Å². The monoisotopic (exact) mass is 243 g/mol. The van der Waals surface area contributed by atoms with Crippen LogP contribution in [-0.4, -0.2) is 52.4 Å². The summed E-state index contributed by atoms with van der Waals surface area (Å²) >= 11 is 0. The lowest BCUT2D eigenvalue weighted by Gasteiger charge is -2.10. The molecule has 0 aliphatic carbocycles. The molecule has 0 saturated carbocycles. The average molecular weight is 243 g/mol. The Hall–Kier alpha value is -1.96. The van der Waals surface area contributed by atoms with Gasteiger partial charge in [0.1, 0.15) is 12.6 Å². The van der Waals surface area contributed by atoms with Gasteiger partial charge in [0.15, 0.2) is 5.69 Å². The van der Waals surface area contributed by atoms with Gasteiger partial charge in [-0.2, -0.15) is 0 Å². The molecule has 8 heteroatoms. The van der Waals surface area contributed by atoms with Gasteiger partial charge >= 0.3 is 11.9 Å². The molecule has 0 aromatic carbocycles. The lowest BCUT2D eigenvalue weighted by Crippen LogP contribution is -2.21. The Morgan fingerprint density at radius 1 is 1.53 bits per heavy atom. The molecule has 0 aliphatic rings. The van der Waals surface area contributed by atoms with Gasteiger partial charge in [0, 0.05) is 7.11 Å². The lowest BCUT2D eigenvalue weighted by atomic mass is 10.3. The van der Waals surface area contributed by atoms with Crippen LogP contribution < -0.4 is 0 Å². The van der Waals surface area contributed by atoms with Crippen molar-refractivity contribution in [3.63, 3.8) is 0 Å². The fourth-order valence-corrected chi connectivity index (χ4v) is 1.02. The second-order valence-corrected chi connectivity index (χ2v) is 3.23. The van der Waals surface area contributed by atoms with Crippen LogP contribution in [0.25, 0.3) is 0 Å². The van der Waals surface area contributed by atoms with Crippen LogP contribution in [0.2, 0.25) is 0 Å². The van der Waals surface area contributed by atoms with Crippen LogP contribution in [0.15, 0.2) is 6.20 Å². The number of hydrogen-bond acceptors (Lipinski definition) is 6. The van der Waals surface area contributed by atoms with Crippen LogP contribution >= 0.6 is 0 Å². The Kier molecular flexibility index (Phi) is 4.58. The summed E-state index contributed by atoms with van der Waals surface area (Å²) in [7, 11) is 1.49. The summed E-state index contributed by atoms with van der Waals surface area (Å²) in [4.78, 5) is 22.1. The molecule has 0 bridgehead atoms. The second kappa shape index (κ2) is 5.94. The van der Waals surface area contributed by atoms with Gasteiger partial charge < -0.3 is 14.6 Å². The maximum atomic E-state index is 11.5. The number of methoxy groups -OCH3 is 1. The number of carbonyl (C=O) groups excluding carboxylic acids is 1. The van der Waals surface area contributed by atoms with Gasteiger partial charge in [0.2, 0.25) is 0 Å². The smallest absolute Gasteiger partial charge is 0.358 e. The number of nitrogens with zero attached hydrogens (tertiary/aromatic N) is 3. The molecule has 8 nitrogen and oxygen atoms in total. The van der Waals surface area contributed by atoms with E-state index in [9.17, 15) is 9.59 Å². The molecule has 1 heterocycles. The van der Waals surface area contributed by atoms with Gasteiger partial charge in [-0.25, -0.2) is 14.3 Å². The summed E-state index contributed by atoms with van der Waals surface area (Å²) < 4.78 is 10.7. The van der Waals surface area contributed by atoms with E-state index >= 15 is 0 Å². The number of carbonyl (C=O) groups is 2. The maximum absolute atomic E-state index is 11.5. The minimum Gasteiger partial charge on any atom is -0.476 e. The molecule has 1 rings (SSSR count). The van der Waals surface area contributed by atoms with Gasteiger partial charge in [-0.05, 0) is 6.92 Å². The van der Waals surface area contributed by atoms with Crippen molar-refractivity contribution in [2.75, 3.05) is 20.3 Å². The molecule has 0 radical (unpaired) electrons. The zero-order chi connectivity index (χ0) is 12.8. The first-order chi connectivity index (χ1) is 8.06. The largest absolute Gasteiger partial charge is 0.476 e. The molecule has 0 aliphatic heterocycles. The van der Waals surface area contributed by atoms with Crippen LogP contribution in [0.1, 0.15) is 23.5 Å². The third-order valence-corrected chi connectivity index (χ3v) is 2.00. The van der Waals surface area contributed by atoms with Crippen molar-refractivity contribution < 1.29 is 24.2 Å². The Balaban J connectivity index is 2.58. The van der Waals surface area contributed by atoms with Crippen molar-refractivity contribution in [3.8, 4) is 0 Å². The van der Waals surface area contributed by atoms with E-state index in [1.165, 1.54) is 20.2 Å². The van der Waals surface area contributed by atoms with E-state index in [4.69, 9.17) is 14.6 Å². The highest BCUT2D eigenvalue weighted by Crippen LogP contribution is 2.06. The summed E-state index contributed by atoms with van der Waals surface area (Å²) in [6.45, 7) is 1.98. The minimum absolute atomic E-state index is 0.139. The number of carboxylic acid groups (broad SMARTS) is 1. The third-order valence-electron chi connectivity index (χ3n) is 2.00. The summed E-state index contributed by atoms with van der Waals surface area (Å²) in [6.07, 6.45) is 1.17. The topological polar surface area (TPSA) is 104 Å². The van der Waals surface area contributed by atoms with Crippen molar-refractivity contribution in [3.05, 3.63) is 11.9 Å². The van der Waals surface area contributed by atoms with Crippen LogP contribution in [0.4, 0.5) is 0 Å². The molecule has 1 aromatic rings. The number of esters is 1. The van der Waals surface area contributed by atoms with Crippen molar-refractivity contribution >= 4 is 11.9 Å². The van der Waals surface area contributed by atoms with E-state index in [1.807, 2.05) is 0 Å². The standard InChI is InChI=1S/C9H13N3O5/c1-6(9(15)17-4-3-16-2)12-5-7(8(13)14)10-11-12/h5-6H,3-4H2,1-2H3,(H,13,14). The summed E-state index contributed by atoms with van der Waals surface area (Å²) in [5.41, 5.74) is -0.221. The van der Waals surface area contributed by atoms with Gasteiger partial charge in [0.25, 0.3) is 0 Å². The number of carboxylic acids is 1. The highest BCUT2D eigenvalue weighted by molar-refractivity contribution is 5.84. The van der Waals surface area contributed by atoms with Crippen LogP contribution in [0.3, 0.4) is 0 Å². The number of aromatic carboxylic acids is 1. The average Bonchev–Trinajstić information content (AvgIpc) is 2.77. The first kappa shape index (κ1) is 13.1. The first-order valence-corrected chi connectivity index (χ1v) is 4.87.